The van der Waals surface area contributed by atoms with Gasteiger partial charge in [0.1, 0.15) is 5.75 Å². The highest BCUT2D eigenvalue weighted by molar-refractivity contribution is 9.10. The van der Waals surface area contributed by atoms with E-state index in [2.05, 4.69) is 26.1 Å². The molecule has 1 saturated carbocycles. The minimum Gasteiger partial charge on any atom is -0.492 e. The van der Waals surface area contributed by atoms with Gasteiger partial charge in [0.25, 0.3) is 0 Å². The Labute approximate surface area is 146 Å². The fourth-order valence-electron chi connectivity index (χ4n) is 3.13. The maximum Gasteiger partial charge on any atom is 0.220 e. The van der Waals surface area contributed by atoms with Crippen LogP contribution in [0.25, 0.3) is 0 Å². The Hall–Kier alpha value is -1.07. The van der Waals surface area contributed by atoms with Gasteiger partial charge in [0.05, 0.1) is 11.1 Å². The number of benzene rings is 1. The molecule has 1 aliphatic heterocycles. The van der Waals surface area contributed by atoms with E-state index in [4.69, 9.17) is 4.74 Å². The average molecular weight is 381 g/mol. The molecule has 0 unspecified atom stereocenters. The van der Waals surface area contributed by atoms with E-state index in [0.29, 0.717) is 19.1 Å². The van der Waals surface area contributed by atoms with Gasteiger partial charge in [-0.2, -0.15) is 0 Å². The first-order valence-corrected chi connectivity index (χ1v) is 9.42. The molecule has 5 heteroatoms. The van der Waals surface area contributed by atoms with E-state index >= 15 is 0 Å². The van der Waals surface area contributed by atoms with Crippen molar-refractivity contribution < 1.29 is 9.53 Å². The van der Waals surface area contributed by atoms with Crippen LogP contribution in [-0.4, -0.2) is 42.6 Å². The molecule has 4 nitrogen and oxygen atoms in total. The van der Waals surface area contributed by atoms with Crippen LogP contribution in [0, 0.1) is 0 Å². The molecular formula is C18H25BrN2O2. The van der Waals surface area contributed by atoms with Crippen molar-refractivity contribution in [3.05, 3.63) is 28.7 Å². The van der Waals surface area contributed by atoms with Crippen LogP contribution < -0.4 is 10.1 Å². The lowest BCUT2D eigenvalue weighted by molar-refractivity contribution is -0.122. The van der Waals surface area contributed by atoms with E-state index in [1.165, 1.54) is 12.8 Å². The molecule has 1 aromatic carbocycles. The molecule has 0 atom stereocenters. The number of likely N-dealkylation sites (tertiary alicyclic amines) is 1. The molecule has 0 spiro atoms. The highest BCUT2D eigenvalue weighted by Gasteiger charge is 2.31. The Balaban J connectivity index is 1.28. The molecule has 2 fully saturated rings. The van der Waals surface area contributed by atoms with Gasteiger partial charge in [0, 0.05) is 31.6 Å². The van der Waals surface area contributed by atoms with E-state index in [1.54, 1.807) is 0 Å². The molecule has 23 heavy (non-hydrogen) atoms. The van der Waals surface area contributed by atoms with Crippen molar-refractivity contribution in [2.24, 2.45) is 0 Å². The minimum atomic E-state index is 0.158. The third kappa shape index (κ3) is 5.21. The SMILES string of the molecule is O=C(CCCOc1ccccc1Br)NC1CCN(C2CC2)CC1. The molecule has 0 radical (unpaired) electrons. The fourth-order valence-corrected chi connectivity index (χ4v) is 3.52. The summed E-state index contributed by atoms with van der Waals surface area (Å²) in [5, 5.41) is 3.18. The summed E-state index contributed by atoms with van der Waals surface area (Å²) in [5.74, 6) is 0.992. The maximum atomic E-state index is 12.0. The average Bonchev–Trinajstić information content (AvgIpc) is 3.39. The standard InChI is InChI=1S/C18H25BrN2O2/c19-16-4-1-2-5-17(16)23-13-3-6-18(22)20-14-9-11-21(12-10-14)15-7-8-15/h1-2,4-5,14-15H,3,6-13H2,(H,20,22). The van der Waals surface area contributed by atoms with Crippen LogP contribution in [-0.2, 0) is 4.79 Å². The van der Waals surface area contributed by atoms with E-state index in [9.17, 15) is 4.79 Å². The molecule has 1 N–H and O–H groups in total. The zero-order valence-corrected chi connectivity index (χ0v) is 15.1. The van der Waals surface area contributed by atoms with E-state index in [-0.39, 0.29) is 5.91 Å². The number of nitrogens with one attached hydrogen (secondary N) is 1. The summed E-state index contributed by atoms with van der Waals surface area (Å²) in [5.41, 5.74) is 0. The number of hydrogen-bond acceptors (Lipinski definition) is 3. The largest absolute Gasteiger partial charge is 0.492 e. The summed E-state index contributed by atoms with van der Waals surface area (Å²) in [4.78, 5) is 14.6. The molecule has 1 heterocycles. The van der Waals surface area contributed by atoms with E-state index in [0.717, 1.165) is 48.6 Å². The molecule has 1 aromatic rings. The van der Waals surface area contributed by atoms with Gasteiger partial charge in [0.15, 0.2) is 0 Å². The normalized spacial score (nSPS) is 19.5. The fraction of sp³-hybridized carbons (Fsp3) is 0.611. The van der Waals surface area contributed by atoms with Crippen molar-refractivity contribution in [2.75, 3.05) is 19.7 Å². The predicted octanol–water partition coefficient (Wildman–Crippen LogP) is 3.35. The van der Waals surface area contributed by atoms with Crippen LogP contribution in [0.1, 0.15) is 38.5 Å². The molecule has 0 bridgehead atoms. The van der Waals surface area contributed by atoms with Gasteiger partial charge in [-0.1, -0.05) is 12.1 Å². The molecule has 0 aromatic heterocycles. The molecule has 1 aliphatic carbocycles. The minimum absolute atomic E-state index is 0.158. The quantitative estimate of drug-likeness (QED) is 0.737. The van der Waals surface area contributed by atoms with Gasteiger partial charge in [-0.05, 0) is 60.2 Å². The number of amides is 1. The van der Waals surface area contributed by atoms with Gasteiger partial charge in [-0.25, -0.2) is 0 Å². The molecule has 2 aliphatic rings. The second-order valence-electron chi connectivity index (χ2n) is 6.49. The first kappa shape index (κ1) is 16.8. The van der Waals surface area contributed by atoms with Crippen LogP contribution >= 0.6 is 15.9 Å². The van der Waals surface area contributed by atoms with Crippen LogP contribution in [0.15, 0.2) is 28.7 Å². The van der Waals surface area contributed by atoms with Crippen molar-refractivity contribution in [3.63, 3.8) is 0 Å². The zero-order chi connectivity index (χ0) is 16.1. The van der Waals surface area contributed by atoms with Crippen LogP contribution in [0.3, 0.4) is 0 Å². The Bertz CT molecular complexity index is 526. The summed E-state index contributed by atoms with van der Waals surface area (Å²) >= 11 is 3.45. The lowest BCUT2D eigenvalue weighted by Gasteiger charge is -2.32. The topological polar surface area (TPSA) is 41.6 Å². The second-order valence-corrected chi connectivity index (χ2v) is 7.35. The smallest absolute Gasteiger partial charge is 0.220 e. The number of para-hydroxylation sites is 1. The zero-order valence-electron chi connectivity index (χ0n) is 13.5. The molecule has 3 rings (SSSR count). The monoisotopic (exact) mass is 380 g/mol. The van der Waals surface area contributed by atoms with Gasteiger partial charge in [0.2, 0.25) is 5.91 Å². The number of rotatable bonds is 7. The maximum absolute atomic E-state index is 12.0. The van der Waals surface area contributed by atoms with Crippen molar-refractivity contribution in [1.29, 1.82) is 0 Å². The Morgan fingerprint density at radius 2 is 1.96 bits per heavy atom. The second kappa shape index (κ2) is 8.15. The number of nitrogens with zero attached hydrogens (tertiary/aromatic N) is 1. The van der Waals surface area contributed by atoms with Crippen molar-refractivity contribution >= 4 is 21.8 Å². The Morgan fingerprint density at radius 1 is 1.22 bits per heavy atom. The number of halogens is 1. The number of hydrogen-bond donors (Lipinski definition) is 1. The highest BCUT2D eigenvalue weighted by Crippen LogP contribution is 2.29. The van der Waals surface area contributed by atoms with Crippen molar-refractivity contribution in [3.8, 4) is 5.75 Å². The van der Waals surface area contributed by atoms with Gasteiger partial charge < -0.3 is 15.0 Å². The molecular weight excluding hydrogens is 356 g/mol. The first-order chi connectivity index (χ1) is 11.2. The third-order valence-corrected chi connectivity index (χ3v) is 5.26. The predicted molar refractivity (Wildman–Crippen MR) is 94.6 cm³/mol. The Morgan fingerprint density at radius 3 is 2.65 bits per heavy atom. The van der Waals surface area contributed by atoms with Crippen LogP contribution in [0.4, 0.5) is 0 Å². The number of carbonyl (C=O) groups excluding carboxylic acids is 1. The molecule has 1 amide bonds. The Kier molecular flexibility index (Phi) is 5.95. The van der Waals surface area contributed by atoms with E-state index in [1.807, 2.05) is 24.3 Å². The number of piperidine rings is 1. The number of carbonyl (C=O) groups is 1. The third-order valence-electron chi connectivity index (χ3n) is 4.60. The summed E-state index contributed by atoms with van der Waals surface area (Å²) in [6, 6.07) is 9.00. The summed E-state index contributed by atoms with van der Waals surface area (Å²) in [7, 11) is 0. The van der Waals surface area contributed by atoms with Gasteiger partial charge in [-0.3, -0.25) is 4.79 Å². The lowest BCUT2D eigenvalue weighted by atomic mass is 10.0. The first-order valence-electron chi connectivity index (χ1n) is 8.63. The number of ether oxygens (including phenoxy) is 1. The van der Waals surface area contributed by atoms with Gasteiger partial charge in [-0.15, -0.1) is 0 Å². The van der Waals surface area contributed by atoms with Crippen molar-refractivity contribution in [1.82, 2.24) is 10.2 Å². The van der Waals surface area contributed by atoms with Crippen LogP contribution in [0.2, 0.25) is 0 Å². The summed E-state index contributed by atoms with van der Waals surface area (Å²) in [6.07, 6.45) is 6.20. The summed E-state index contributed by atoms with van der Waals surface area (Å²) < 4.78 is 6.64. The van der Waals surface area contributed by atoms with Crippen molar-refractivity contribution in [2.45, 2.75) is 50.6 Å². The van der Waals surface area contributed by atoms with E-state index < -0.39 is 0 Å². The van der Waals surface area contributed by atoms with Crippen LogP contribution in [0.5, 0.6) is 5.75 Å². The highest BCUT2D eigenvalue weighted by atomic mass is 79.9. The molecule has 126 valence electrons. The molecule has 1 saturated heterocycles. The summed E-state index contributed by atoms with van der Waals surface area (Å²) in [6.45, 7) is 2.84. The lowest BCUT2D eigenvalue weighted by Crippen LogP contribution is -2.45. The van der Waals surface area contributed by atoms with Gasteiger partial charge >= 0.3 is 0 Å².